The molecule has 100 valence electrons. The van der Waals surface area contributed by atoms with Crippen LogP contribution in [0.2, 0.25) is 5.02 Å². The highest BCUT2D eigenvalue weighted by Crippen LogP contribution is 2.28. The highest BCUT2D eigenvalue weighted by Gasteiger charge is 2.14. The summed E-state index contributed by atoms with van der Waals surface area (Å²) < 4.78 is 12.5. The van der Waals surface area contributed by atoms with Crippen molar-refractivity contribution in [1.29, 1.82) is 0 Å². The van der Waals surface area contributed by atoms with Crippen LogP contribution in [0.4, 0.5) is 5.69 Å². The van der Waals surface area contributed by atoms with E-state index < -0.39 is 10.8 Å². The summed E-state index contributed by atoms with van der Waals surface area (Å²) in [5.41, 5.74) is 9.73. The van der Waals surface area contributed by atoms with Crippen molar-refractivity contribution >= 4 is 28.1 Å². The molecule has 19 heavy (non-hydrogen) atoms. The summed E-state index contributed by atoms with van der Waals surface area (Å²) >= 11 is 6.10. The van der Waals surface area contributed by atoms with Crippen LogP contribution in [0.1, 0.15) is 16.7 Å². The molecule has 0 spiro atoms. The predicted molar refractivity (Wildman–Crippen MR) is 81.9 cm³/mol. The first-order chi connectivity index (χ1) is 9.00. The first kappa shape index (κ1) is 14.1. The Labute approximate surface area is 121 Å². The normalized spacial score (nSPS) is 12.4. The summed E-state index contributed by atoms with van der Waals surface area (Å²) in [6.45, 7) is 4.05. The Bertz CT molecular complexity index is 600. The van der Waals surface area contributed by atoms with Gasteiger partial charge in [-0.2, -0.15) is 0 Å². The van der Waals surface area contributed by atoms with Gasteiger partial charge in [0.05, 0.1) is 26.5 Å². The maximum atomic E-state index is 12.5. The third kappa shape index (κ3) is 2.99. The van der Waals surface area contributed by atoms with Gasteiger partial charge in [-0.3, -0.25) is 4.21 Å². The molecule has 0 aliphatic rings. The third-order valence-corrected chi connectivity index (χ3v) is 5.03. The molecule has 0 bridgehead atoms. The van der Waals surface area contributed by atoms with E-state index in [1.54, 1.807) is 18.2 Å². The molecule has 0 saturated carbocycles. The lowest BCUT2D eigenvalue weighted by Crippen LogP contribution is -2.04. The number of aryl methyl sites for hydroxylation is 2. The van der Waals surface area contributed by atoms with Crippen LogP contribution in [0.25, 0.3) is 0 Å². The monoisotopic (exact) mass is 293 g/mol. The van der Waals surface area contributed by atoms with Crippen LogP contribution >= 0.6 is 11.6 Å². The van der Waals surface area contributed by atoms with Crippen molar-refractivity contribution in [3.05, 3.63) is 58.1 Å². The lowest BCUT2D eigenvalue weighted by molar-refractivity contribution is 0.682. The standard InChI is InChI=1S/C15H16ClNOS/c1-10-5-3-6-11(2)12(10)9-19(18)15-13(16)7-4-8-14(15)17/h3-8H,9,17H2,1-2H3. The van der Waals surface area contributed by atoms with Gasteiger partial charge < -0.3 is 5.73 Å². The Kier molecular flexibility index (Phi) is 4.27. The molecule has 1 unspecified atom stereocenters. The molecular weight excluding hydrogens is 278 g/mol. The fourth-order valence-corrected chi connectivity index (χ4v) is 3.96. The van der Waals surface area contributed by atoms with Crippen LogP contribution in [0, 0.1) is 13.8 Å². The fraction of sp³-hybridized carbons (Fsp3) is 0.200. The lowest BCUT2D eigenvalue weighted by atomic mass is 10.1. The van der Waals surface area contributed by atoms with Crippen LogP contribution in [-0.2, 0) is 16.6 Å². The molecule has 4 heteroatoms. The van der Waals surface area contributed by atoms with E-state index in [0.717, 1.165) is 16.7 Å². The quantitative estimate of drug-likeness (QED) is 0.874. The van der Waals surface area contributed by atoms with Crippen LogP contribution in [-0.4, -0.2) is 4.21 Å². The molecule has 0 fully saturated rings. The smallest absolute Gasteiger partial charge is 0.0806 e. The number of anilines is 1. The van der Waals surface area contributed by atoms with Crippen LogP contribution in [0.5, 0.6) is 0 Å². The highest BCUT2D eigenvalue weighted by atomic mass is 35.5. The Morgan fingerprint density at radius 3 is 2.26 bits per heavy atom. The second-order valence-corrected chi connectivity index (χ2v) is 6.31. The third-order valence-electron chi connectivity index (χ3n) is 3.15. The minimum absolute atomic E-state index is 0.437. The van der Waals surface area contributed by atoms with E-state index in [1.807, 2.05) is 32.0 Å². The summed E-state index contributed by atoms with van der Waals surface area (Å²) in [5.74, 6) is 0.437. The molecule has 0 heterocycles. The zero-order valence-electron chi connectivity index (χ0n) is 10.9. The van der Waals surface area contributed by atoms with Crippen molar-refractivity contribution in [2.24, 2.45) is 0 Å². The van der Waals surface area contributed by atoms with Gasteiger partial charge >= 0.3 is 0 Å². The van der Waals surface area contributed by atoms with Crippen LogP contribution < -0.4 is 5.73 Å². The molecule has 0 radical (unpaired) electrons. The minimum Gasteiger partial charge on any atom is -0.398 e. The average molecular weight is 294 g/mol. The largest absolute Gasteiger partial charge is 0.398 e. The minimum atomic E-state index is -1.24. The van der Waals surface area contributed by atoms with Crippen LogP contribution in [0.3, 0.4) is 0 Å². The lowest BCUT2D eigenvalue weighted by Gasteiger charge is -2.11. The first-order valence-corrected chi connectivity index (χ1v) is 7.68. The van der Waals surface area contributed by atoms with Gasteiger partial charge in [-0.25, -0.2) is 0 Å². The Hall–Kier alpha value is -1.32. The van der Waals surface area contributed by atoms with Gasteiger partial charge in [0, 0.05) is 5.69 Å². The molecule has 0 amide bonds. The van der Waals surface area contributed by atoms with E-state index in [9.17, 15) is 4.21 Å². The van der Waals surface area contributed by atoms with Gasteiger partial charge in [-0.15, -0.1) is 0 Å². The van der Waals surface area contributed by atoms with Gasteiger partial charge in [0.15, 0.2) is 0 Å². The molecule has 1 atom stereocenters. The highest BCUT2D eigenvalue weighted by molar-refractivity contribution is 7.84. The number of rotatable bonds is 3. The maximum Gasteiger partial charge on any atom is 0.0806 e. The number of nitrogens with two attached hydrogens (primary N) is 1. The molecule has 2 N–H and O–H groups in total. The molecule has 0 aliphatic heterocycles. The van der Waals surface area contributed by atoms with Crippen molar-refractivity contribution in [3.8, 4) is 0 Å². The molecule has 2 aromatic carbocycles. The molecule has 0 aromatic heterocycles. The number of benzene rings is 2. The summed E-state index contributed by atoms with van der Waals surface area (Å²) in [4.78, 5) is 0.534. The van der Waals surface area contributed by atoms with Crippen molar-refractivity contribution in [1.82, 2.24) is 0 Å². The number of halogens is 1. The Morgan fingerprint density at radius 2 is 1.68 bits per heavy atom. The summed E-state index contributed by atoms with van der Waals surface area (Å²) in [7, 11) is -1.24. The Balaban J connectivity index is 2.37. The molecule has 0 saturated heterocycles. The van der Waals surface area contributed by atoms with E-state index in [2.05, 4.69) is 0 Å². The van der Waals surface area contributed by atoms with E-state index in [4.69, 9.17) is 17.3 Å². The van der Waals surface area contributed by atoms with E-state index >= 15 is 0 Å². The van der Waals surface area contributed by atoms with E-state index in [1.165, 1.54) is 0 Å². The van der Waals surface area contributed by atoms with E-state index in [0.29, 0.717) is 21.4 Å². The van der Waals surface area contributed by atoms with Gasteiger partial charge in [0.1, 0.15) is 0 Å². The first-order valence-electron chi connectivity index (χ1n) is 5.98. The van der Waals surface area contributed by atoms with Gasteiger partial charge in [-0.05, 0) is 42.7 Å². The van der Waals surface area contributed by atoms with Crippen LogP contribution in [0.15, 0.2) is 41.3 Å². The number of nitrogen functional groups attached to an aromatic ring is 1. The van der Waals surface area contributed by atoms with Crippen molar-refractivity contribution in [2.45, 2.75) is 24.5 Å². The summed E-state index contributed by atoms with van der Waals surface area (Å²) in [6.07, 6.45) is 0. The topological polar surface area (TPSA) is 43.1 Å². The molecule has 0 aliphatic carbocycles. The molecule has 2 rings (SSSR count). The van der Waals surface area contributed by atoms with Crippen molar-refractivity contribution in [2.75, 3.05) is 5.73 Å². The average Bonchev–Trinajstić information content (AvgIpc) is 2.34. The van der Waals surface area contributed by atoms with E-state index in [-0.39, 0.29) is 0 Å². The van der Waals surface area contributed by atoms with Gasteiger partial charge in [0.2, 0.25) is 0 Å². The summed E-state index contributed by atoms with van der Waals surface area (Å²) in [5, 5.41) is 0.463. The number of hydrogen-bond donors (Lipinski definition) is 1. The Morgan fingerprint density at radius 1 is 1.11 bits per heavy atom. The second-order valence-electron chi connectivity index (χ2n) is 4.52. The summed E-state index contributed by atoms with van der Waals surface area (Å²) in [6, 6.07) is 11.3. The van der Waals surface area contributed by atoms with Crippen molar-refractivity contribution < 1.29 is 4.21 Å². The van der Waals surface area contributed by atoms with Crippen molar-refractivity contribution in [3.63, 3.8) is 0 Å². The molecule has 2 aromatic rings. The SMILES string of the molecule is Cc1cccc(C)c1CS(=O)c1c(N)cccc1Cl. The predicted octanol–water partition coefficient (Wildman–Crippen LogP) is 3.85. The fourth-order valence-electron chi connectivity index (χ4n) is 2.05. The number of hydrogen-bond acceptors (Lipinski definition) is 2. The second kappa shape index (κ2) is 5.76. The van der Waals surface area contributed by atoms with Gasteiger partial charge in [0.25, 0.3) is 0 Å². The molecule has 2 nitrogen and oxygen atoms in total. The maximum absolute atomic E-state index is 12.5. The van der Waals surface area contributed by atoms with Gasteiger partial charge in [-0.1, -0.05) is 35.9 Å². The zero-order chi connectivity index (χ0) is 14.0. The molecular formula is C15H16ClNOS. The zero-order valence-corrected chi connectivity index (χ0v) is 12.5.